The summed E-state index contributed by atoms with van der Waals surface area (Å²) in [6.45, 7) is 11.0. The van der Waals surface area contributed by atoms with E-state index in [0.29, 0.717) is 0 Å². The molecule has 73 valence electrons. The van der Waals surface area contributed by atoms with E-state index in [1.165, 1.54) is 39.0 Å². The highest BCUT2D eigenvalue weighted by Crippen LogP contribution is 2.37. The normalized spacial score (nSPS) is 14.9. The molecule has 0 aromatic heterocycles. The molecule has 0 nitrogen and oxygen atoms in total. The summed E-state index contributed by atoms with van der Waals surface area (Å²) < 4.78 is 0. The summed E-state index contributed by atoms with van der Waals surface area (Å²) in [5, 5.41) is 0. The highest BCUT2D eigenvalue weighted by molar-refractivity contribution is 5.80. The van der Waals surface area contributed by atoms with Crippen LogP contribution in [0.5, 0.6) is 0 Å². The molecule has 2 rings (SSSR count). The molecule has 1 aliphatic carbocycles. The van der Waals surface area contributed by atoms with Crippen LogP contribution in [0.4, 0.5) is 0 Å². The standard InChI is InChI=1S/C14H17/c1-8-6-13-11(4)9(2)7-14(13)12(5)10(8)3/h6-7H,1-5H3. The lowest BCUT2D eigenvalue weighted by Crippen LogP contribution is -1.94. The van der Waals surface area contributed by atoms with Gasteiger partial charge in [0.1, 0.15) is 0 Å². The maximum absolute atomic E-state index is 2.32. The summed E-state index contributed by atoms with van der Waals surface area (Å²) >= 11 is 0. The average Bonchev–Trinajstić information content (AvgIpc) is 2.42. The molecule has 0 fully saturated rings. The van der Waals surface area contributed by atoms with E-state index < -0.39 is 0 Å². The van der Waals surface area contributed by atoms with Gasteiger partial charge in [0, 0.05) is 6.42 Å². The van der Waals surface area contributed by atoms with Gasteiger partial charge in [0.15, 0.2) is 0 Å². The molecule has 1 aromatic carbocycles. The molecular weight excluding hydrogens is 168 g/mol. The molecule has 0 amide bonds. The number of benzene rings is 1. The van der Waals surface area contributed by atoms with Gasteiger partial charge in [0.25, 0.3) is 0 Å². The van der Waals surface area contributed by atoms with E-state index in [1.54, 1.807) is 0 Å². The molecule has 1 aliphatic rings. The number of allylic oxidation sites excluding steroid dienone is 2. The first-order valence-electron chi connectivity index (χ1n) is 5.15. The van der Waals surface area contributed by atoms with Crippen molar-refractivity contribution in [3.8, 4) is 0 Å². The highest BCUT2D eigenvalue weighted by Gasteiger charge is 2.19. The van der Waals surface area contributed by atoms with E-state index in [2.05, 4.69) is 47.1 Å². The van der Waals surface area contributed by atoms with Crippen LogP contribution in [0, 0.1) is 27.2 Å². The Kier molecular flexibility index (Phi) is 2.02. The smallest absolute Gasteiger partial charge is 0.0167 e. The van der Waals surface area contributed by atoms with Gasteiger partial charge in [-0.3, -0.25) is 0 Å². The second-order valence-corrected chi connectivity index (χ2v) is 4.36. The number of rotatable bonds is 0. The Morgan fingerprint density at radius 2 is 1.50 bits per heavy atom. The number of hydrogen-bond acceptors (Lipinski definition) is 0. The van der Waals surface area contributed by atoms with Crippen LogP contribution in [-0.4, -0.2) is 0 Å². The van der Waals surface area contributed by atoms with Crippen molar-refractivity contribution in [3.63, 3.8) is 0 Å². The molecule has 1 aromatic rings. The molecule has 1 radical (unpaired) electrons. The van der Waals surface area contributed by atoms with Gasteiger partial charge in [-0.2, -0.15) is 0 Å². The fourth-order valence-electron chi connectivity index (χ4n) is 2.14. The summed E-state index contributed by atoms with van der Waals surface area (Å²) in [4.78, 5) is 0. The van der Waals surface area contributed by atoms with Crippen molar-refractivity contribution >= 4 is 5.57 Å². The fraction of sp³-hybridized carbons (Fsp3) is 0.357. The Bertz CT molecular complexity index is 434. The predicted octanol–water partition coefficient (Wildman–Crippen LogP) is 3.97. The lowest BCUT2D eigenvalue weighted by Gasteiger charge is -2.11. The van der Waals surface area contributed by atoms with E-state index >= 15 is 0 Å². The summed E-state index contributed by atoms with van der Waals surface area (Å²) in [5.74, 6) is 0. The van der Waals surface area contributed by atoms with Crippen molar-refractivity contribution < 1.29 is 0 Å². The van der Waals surface area contributed by atoms with Crippen molar-refractivity contribution in [2.24, 2.45) is 0 Å². The van der Waals surface area contributed by atoms with Gasteiger partial charge in [-0.15, -0.1) is 0 Å². The predicted molar refractivity (Wildman–Crippen MR) is 62.3 cm³/mol. The maximum Gasteiger partial charge on any atom is 0.0167 e. The second kappa shape index (κ2) is 2.98. The number of aryl methyl sites for hydroxylation is 1. The molecule has 0 heterocycles. The molecule has 0 atom stereocenters. The molecular formula is C14H17. The van der Waals surface area contributed by atoms with Crippen LogP contribution in [0.25, 0.3) is 5.57 Å². The van der Waals surface area contributed by atoms with Gasteiger partial charge in [-0.1, -0.05) is 11.6 Å². The summed E-state index contributed by atoms with van der Waals surface area (Å²) in [5.41, 5.74) is 9.99. The largest absolute Gasteiger partial charge is 0.0613 e. The van der Waals surface area contributed by atoms with Gasteiger partial charge in [-0.25, -0.2) is 0 Å². The van der Waals surface area contributed by atoms with Crippen molar-refractivity contribution in [3.05, 3.63) is 45.9 Å². The first kappa shape index (κ1) is 9.51. The molecule has 0 bridgehead atoms. The van der Waals surface area contributed by atoms with Gasteiger partial charge in [0.05, 0.1) is 0 Å². The first-order valence-corrected chi connectivity index (χ1v) is 5.15. The van der Waals surface area contributed by atoms with Crippen LogP contribution >= 0.6 is 0 Å². The van der Waals surface area contributed by atoms with Gasteiger partial charge >= 0.3 is 0 Å². The van der Waals surface area contributed by atoms with Gasteiger partial charge < -0.3 is 0 Å². The Balaban J connectivity index is 2.72. The second-order valence-electron chi connectivity index (χ2n) is 4.36. The zero-order chi connectivity index (χ0) is 10.5. The Morgan fingerprint density at radius 1 is 0.857 bits per heavy atom. The minimum Gasteiger partial charge on any atom is -0.0613 e. The monoisotopic (exact) mass is 185 g/mol. The van der Waals surface area contributed by atoms with Crippen LogP contribution in [0.2, 0.25) is 0 Å². The van der Waals surface area contributed by atoms with E-state index in [0.717, 1.165) is 0 Å². The first-order chi connectivity index (χ1) is 6.52. The Labute approximate surface area is 86.7 Å². The van der Waals surface area contributed by atoms with Crippen molar-refractivity contribution in [2.45, 2.75) is 34.6 Å². The van der Waals surface area contributed by atoms with Crippen LogP contribution in [0.1, 0.15) is 41.7 Å². The zero-order valence-electron chi connectivity index (χ0n) is 9.65. The van der Waals surface area contributed by atoms with E-state index in [-0.39, 0.29) is 0 Å². The lowest BCUT2D eigenvalue weighted by atomic mass is 9.93. The van der Waals surface area contributed by atoms with Crippen molar-refractivity contribution in [1.82, 2.24) is 0 Å². The van der Waals surface area contributed by atoms with Crippen LogP contribution < -0.4 is 0 Å². The molecule has 0 spiro atoms. The van der Waals surface area contributed by atoms with Crippen LogP contribution in [-0.2, 0) is 0 Å². The molecule has 14 heavy (non-hydrogen) atoms. The van der Waals surface area contributed by atoms with E-state index in [9.17, 15) is 0 Å². The van der Waals surface area contributed by atoms with E-state index in [4.69, 9.17) is 0 Å². The third-order valence-corrected chi connectivity index (χ3v) is 3.57. The minimum atomic E-state index is 1.41. The SMILES string of the molecule is CC1=C(C)c2cc(C)c(C)c(C)c2[CH]1. The highest BCUT2D eigenvalue weighted by atomic mass is 14.2. The molecule has 0 saturated carbocycles. The summed E-state index contributed by atoms with van der Waals surface area (Å²) in [7, 11) is 0. The summed E-state index contributed by atoms with van der Waals surface area (Å²) in [6, 6.07) is 2.32. The Hall–Kier alpha value is -1.04. The minimum absolute atomic E-state index is 1.41. The van der Waals surface area contributed by atoms with Crippen LogP contribution in [0.15, 0.2) is 11.6 Å². The average molecular weight is 185 g/mol. The van der Waals surface area contributed by atoms with Gasteiger partial charge in [-0.05, 0) is 68.0 Å². The third-order valence-electron chi connectivity index (χ3n) is 3.57. The quantitative estimate of drug-likeness (QED) is 0.573. The van der Waals surface area contributed by atoms with Gasteiger partial charge in [0.2, 0.25) is 0 Å². The fourth-order valence-corrected chi connectivity index (χ4v) is 2.14. The van der Waals surface area contributed by atoms with Crippen LogP contribution in [0.3, 0.4) is 0 Å². The lowest BCUT2D eigenvalue weighted by molar-refractivity contribution is 1.23. The van der Waals surface area contributed by atoms with Crippen molar-refractivity contribution in [1.29, 1.82) is 0 Å². The van der Waals surface area contributed by atoms with E-state index in [1.807, 2.05) is 0 Å². The Morgan fingerprint density at radius 3 is 2.14 bits per heavy atom. The third kappa shape index (κ3) is 1.13. The summed E-state index contributed by atoms with van der Waals surface area (Å²) in [6.07, 6.45) is 2.31. The molecule has 0 N–H and O–H groups in total. The zero-order valence-corrected chi connectivity index (χ0v) is 9.65. The molecule has 0 heteroatoms. The topological polar surface area (TPSA) is 0 Å². The molecule has 0 unspecified atom stereocenters. The van der Waals surface area contributed by atoms with Crippen molar-refractivity contribution in [2.75, 3.05) is 0 Å². The number of fused-ring (bicyclic) bond motifs is 1. The maximum atomic E-state index is 2.32. The molecule has 0 saturated heterocycles. The molecule has 0 aliphatic heterocycles. The number of hydrogen-bond donors (Lipinski definition) is 0.